The van der Waals surface area contributed by atoms with Crippen LogP contribution in [-0.4, -0.2) is 34.1 Å². The van der Waals surface area contributed by atoms with Crippen LogP contribution in [0.2, 0.25) is 0 Å². The van der Waals surface area contributed by atoms with Crippen LogP contribution in [0.3, 0.4) is 0 Å². The van der Waals surface area contributed by atoms with E-state index >= 15 is 0 Å². The average Bonchev–Trinajstić information content (AvgIpc) is 3.07. The van der Waals surface area contributed by atoms with Gasteiger partial charge in [-0.3, -0.25) is 4.79 Å². The molecule has 1 N–H and O–H groups in total. The minimum absolute atomic E-state index is 0.109. The molecule has 3 nitrogen and oxygen atoms in total. The lowest BCUT2D eigenvalue weighted by Crippen LogP contribution is -2.57. The zero-order valence-electron chi connectivity index (χ0n) is 15.1. The third kappa shape index (κ3) is 2.94. The lowest BCUT2D eigenvalue weighted by atomic mass is 9.47. The van der Waals surface area contributed by atoms with Gasteiger partial charge < -0.3 is 10.0 Å². The summed E-state index contributed by atoms with van der Waals surface area (Å²) in [6.45, 7) is 7.55. The molecular weight excluding hydrogens is 286 g/mol. The highest BCUT2D eigenvalue weighted by Gasteiger charge is 2.57. The molecule has 0 aliphatic heterocycles. The molecule has 0 spiro atoms. The molecule has 0 heterocycles. The van der Waals surface area contributed by atoms with E-state index in [2.05, 4.69) is 25.7 Å². The van der Waals surface area contributed by atoms with E-state index in [9.17, 15) is 9.90 Å². The molecule has 0 aromatic carbocycles. The monoisotopic (exact) mass is 319 g/mol. The maximum absolute atomic E-state index is 13.1. The number of amides is 1. The molecule has 0 aromatic rings. The highest BCUT2D eigenvalue weighted by atomic mass is 16.3. The predicted molar refractivity (Wildman–Crippen MR) is 90.8 cm³/mol. The second-order valence-corrected chi connectivity index (χ2v) is 9.98. The molecule has 0 aromatic heterocycles. The standard InChI is InChI=1S/C20H33NO2/c1-13(2)21(11-17-4-14(17)3)18(22)10-19-6-15-5-16(7-19)9-20(23,8-15)12-19/h13-17,23H,4-12H2,1-3H3/t14-,15+,16+,17+,19?,20?/m0/s1. The van der Waals surface area contributed by atoms with Gasteiger partial charge in [-0.05, 0) is 87.9 Å². The topological polar surface area (TPSA) is 40.5 Å². The van der Waals surface area contributed by atoms with Crippen LogP contribution in [-0.2, 0) is 4.79 Å². The van der Waals surface area contributed by atoms with Crippen LogP contribution in [0.1, 0.15) is 72.1 Å². The molecule has 130 valence electrons. The van der Waals surface area contributed by atoms with Gasteiger partial charge in [0.05, 0.1) is 5.60 Å². The van der Waals surface area contributed by atoms with Crippen LogP contribution < -0.4 is 0 Å². The Morgan fingerprint density at radius 2 is 1.78 bits per heavy atom. The molecule has 0 unspecified atom stereocenters. The second-order valence-electron chi connectivity index (χ2n) is 9.98. The number of carbonyl (C=O) groups excluding carboxylic acids is 1. The summed E-state index contributed by atoms with van der Waals surface area (Å²) in [5.74, 6) is 3.21. The first kappa shape index (κ1) is 15.9. The minimum atomic E-state index is -0.446. The lowest BCUT2D eigenvalue weighted by molar-refractivity contribution is -0.172. The van der Waals surface area contributed by atoms with Gasteiger partial charge in [-0.2, -0.15) is 0 Å². The summed E-state index contributed by atoms with van der Waals surface area (Å²) < 4.78 is 0. The Labute approximate surface area is 140 Å². The fraction of sp³-hybridized carbons (Fsp3) is 0.950. The van der Waals surface area contributed by atoms with Gasteiger partial charge >= 0.3 is 0 Å². The zero-order valence-corrected chi connectivity index (χ0v) is 15.1. The van der Waals surface area contributed by atoms with Gasteiger partial charge in [0.2, 0.25) is 5.91 Å². The Kier molecular flexibility index (Phi) is 3.61. The van der Waals surface area contributed by atoms with Crippen LogP contribution in [0.15, 0.2) is 0 Å². The summed E-state index contributed by atoms with van der Waals surface area (Å²) in [7, 11) is 0. The van der Waals surface area contributed by atoms with Crippen molar-refractivity contribution >= 4 is 5.91 Å². The summed E-state index contributed by atoms with van der Waals surface area (Å²) >= 11 is 0. The Bertz CT molecular complexity index is 486. The quantitative estimate of drug-likeness (QED) is 0.841. The van der Waals surface area contributed by atoms with E-state index in [-0.39, 0.29) is 5.41 Å². The Morgan fingerprint density at radius 3 is 2.26 bits per heavy atom. The maximum Gasteiger partial charge on any atom is 0.223 e. The van der Waals surface area contributed by atoms with E-state index in [1.165, 1.54) is 25.7 Å². The van der Waals surface area contributed by atoms with Crippen molar-refractivity contribution in [1.82, 2.24) is 4.90 Å². The fourth-order valence-electron chi connectivity index (χ4n) is 6.54. The summed E-state index contributed by atoms with van der Waals surface area (Å²) in [5, 5.41) is 10.9. The van der Waals surface area contributed by atoms with E-state index in [1.54, 1.807) is 0 Å². The van der Waals surface area contributed by atoms with Crippen molar-refractivity contribution in [1.29, 1.82) is 0 Å². The minimum Gasteiger partial charge on any atom is -0.390 e. The van der Waals surface area contributed by atoms with Gasteiger partial charge in [-0.15, -0.1) is 0 Å². The molecule has 5 saturated carbocycles. The number of nitrogens with zero attached hydrogens (tertiary/aromatic N) is 1. The van der Waals surface area contributed by atoms with Gasteiger partial charge in [-0.25, -0.2) is 0 Å². The predicted octanol–water partition coefficient (Wildman–Crippen LogP) is 3.60. The lowest BCUT2D eigenvalue weighted by Gasteiger charge is -2.60. The molecule has 4 bridgehead atoms. The van der Waals surface area contributed by atoms with Gasteiger partial charge in [-0.1, -0.05) is 6.92 Å². The van der Waals surface area contributed by atoms with Crippen molar-refractivity contribution in [2.45, 2.75) is 83.8 Å². The largest absolute Gasteiger partial charge is 0.390 e. The number of aliphatic hydroxyl groups is 1. The van der Waals surface area contributed by atoms with Crippen molar-refractivity contribution in [3.8, 4) is 0 Å². The molecule has 23 heavy (non-hydrogen) atoms. The second kappa shape index (κ2) is 5.21. The van der Waals surface area contributed by atoms with Crippen LogP contribution in [0.4, 0.5) is 0 Å². The summed E-state index contributed by atoms with van der Waals surface area (Å²) in [6.07, 6.45) is 8.50. The zero-order chi connectivity index (χ0) is 16.4. The normalized spacial score (nSPS) is 47.2. The molecular formula is C20H33NO2. The molecule has 0 radical (unpaired) electrons. The number of hydrogen-bond acceptors (Lipinski definition) is 2. The molecule has 5 fully saturated rings. The van der Waals surface area contributed by atoms with E-state index in [1.807, 2.05) is 0 Å². The van der Waals surface area contributed by atoms with Crippen molar-refractivity contribution < 1.29 is 9.90 Å². The van der Waals surface area contributed by atoms with Crippen LogP contribution >= 0.6 is 0 Å². The van der Waals surface area contributed by atoms with Gasteiger partial charge in [0, 0.05) is 19.0 Å². The number of hydrogen-bond donors (Lipinski definition) is 1. The number of rotatable bonds is 5. The molecule has 0 saturated heterocycles. The van der Waals surface area contributed by atoms with E-state index in [0.717, 1.165) is 37.6 Å². The van der Waals surface area contributed by atoms with E-state index in [4.69, 9.17) is 0 Å². The van der Waals surface area contributed by atoms with Crippen LogP contribution in [0.25, 0.3) is 0 Å². The highest BCUT2D eigenvalue weighted by Crippen LogP contribution is 2.63. The SMILES string of the molecule is CC(C)N(C[C@H]1C[C@@H]1C)C(=O)CC12C[C@H]3C[C@@H](CC(O)(C3)C1)C2. The van der Waals surface area contributed by atoms with E-state index < -0.39 is 5.60 Å². The third-order valence-electron chi connectivity index (χ3n) is 7.33. The third-order valence-corrected chi connectivity index (χ3v) is 7.33. The summed E-state index contributed by atoms with van der Waals surface area (Å²) in [4.78, 5) is 15.2. The highest BCUT2D eigenvalue weighted by molar-refractivity contribution is 5.77. The van der Waals surface area contributed by atoms with Crippen molar-refractivity contribution in [3.05, 3.63) is 0 Å². The smallest absolute Gasteiger partial charge is 0.223 e. The van der Waals surface area contributed by atoms with Gasteiger partial charge in [0.1, 0.15) is 0 Å². The van der Waals surface area contributed by atoms with E-state index in [0.29, 0.717) is 30.2 Å². The molecule has 5 aliphatic rings. The first-order chi connectivity index (χ1) is 10.8. The van der Waals surface area contributed by atoms with Crippen molar-refractivity contribution in [2.75, 3.05) is 6.54 Å². The molecule has 1 amide bonds. The van der Waals surface area contributed by atoms with Gasteiger partial charge in [0.15, 0.2) is 0 Å². The molecule has 5 rings (SSSR count). The first-order valence-corrected chi connectivity index (χ1v) is 9.79. The van der Waals surface area contributed by atoms with Crippen LogP contribution in [0.5, 0.6) is 0 Å². The molecule has 5 aliphatic carbocycles. The maximum atomic E-state index is 13.1. The first-order valence-electron chi connectivity index (χ1n) is 9.79. The summed E-state index contributed by atoms with van der Waals surface area (Å²) in [5.41, 5.74) is -0.337. The summed E-state index contributed by atoms with van der Waals surface area (Å²) in [6, 6.07) is 0.298. The van der Waals surface area contributed by atoms with Crippen LogP contribution in [0, 0.1) is 29.1 Å². The number of carbonyl (C=O) groups is 1. The average molecular weight is 319 g/mol. The molecule has 3 heteroatoms. The van der Waals surface area contributed by atoms with Gasteiger partial charge in [0.25, 0.3) is 0 Å². The Balaban J connectivity index is 1.47. The Morgan fingerprint density at radius 1 is 1.17 bits per heavy atom. The van der Waals surface area contributed by atoms with Crippen molar-refractivity contribution in [2.24, 2.45) is 29.1 Å². The Hall–Kier alpha value is -0.570. The fourth-order valence-corrected chi connectivity index (χ4v) is 6.54. The van der Waals surface area contributed by atoms with Crippen molar-refractivity contribution in [3.63, 3.8) is 0 Å². The molecule has 4 atom stereocenters.